The van der Waals surface area contributed by atoms with Crippen LogP contribution in [0.5, 0.6) is 0 Å². The lowest BCUT2D eigenvalue weighted by molar-refractivity contribution is 0.0600. The Hall–Kier alpha value is -2.79. The van der Waals surface area contributed by atoms with Crippen LogP contribution in [0.3, 0.4) is 0 Å². The van der Waals surface area contributed by atoms with Crippen molar-refractivity contribution in [3.63, 3.8) is 0 Å². The summed E-state index contributed by atoms with van der Waals surface area (Å²) < 4.78 is 4.68. The Bertz CT molecular complexity index is 947. The van der Waals surface area contributed by atoms with Crippen LogP contribution in [0.4, 0.5) is 5.69 Å². The molecular weight excluding hydrogens is 328 g/mol. The average Bonchev–Trinajstić information content (AvgIpc) is 2.93. The van der Waals surface area contributed by atoms with Gasteiger partial charge >= 0.3 is 5.97 Å². The van der Waals surface area contributed by atoms with Gasteiger partial charge in [-0.1, -0.05) is 29.8 Å². The Morgan fingerprint density at radius 2 is 1.92 bits per heavy atom. The number of nitrogens with one attached hydrogen (secondary N) is 2. The molecule has 2 N–H and O–H groups in total. The van der Waals surface area contributed by atoms with Crippen molar-refractivity contribution in [2.45, 2.75) is 6.92 Å². The number of esters is 1. The number of carbonyl (C=O) groups is 2. The summed E-state index contributed by atoms with van der Waals surface area (Å²) in [5, 5.41) is 4.06. The van der Waals surface area contributed by atoms with E-state index in [1.807, 2.05) is 31.2 Å². The van der Waals surface area contributed by atoms with Gasteiger partial charge in [-0.05, 0) is 36.8 Å². The molecule has 1 aromatic heterocycles. The molecular formula is C18H15ClN2O3. The molecule has 122 valence electrons. The van der Waals surface area contributed by atoms with E-state index in [4.69, 9.17) is 11.6 Å². The van der Waals surface area contributed by atoms with Gasteiger partial charge in [-0.2, -0.15) is 0 Å². The number of aromatic nitrogens is 1. The summed E-state index contributed by atoms with van der Waals surface area (Å²) >= 11 is 6.12. The zero-order chi connectivity index (χ0) is 17.3. The predicted octanol–water partition coefficient (Wildman–Crippen LogP) is 4.17. The number of rotatable bonds is 3. The second-order valence-electron chi connectivity index (χ2n) is 5.31. The molecule has 3 aromatic rings. The molecule has 3 rings (SSSR count). The summed E-state index contributed by atoms with van der Waals surface area (Å²) in [6.07, 6.45) is 0. The molecule has 1 amide bonds. The number of para-hydroxylation sites is 1. The Morgan fingerprint density at radius 1 is 1.17 bits per heavy atom. The van der Waals surface area contributed by atoms with E-state index in [1.54, 1.807) is 6.07 Å². The molecule has 0 spiro atoms. The number of benzene rings is 2. The number of hydrogen-bond acceptors (Lipinski definition) is 3. The zero-order valence-corrected chi connectivity index (χ0v) is 13.9. The maximum Gasteiger partial charge on any atom is 0.337 e. The number of anilines is 1. The molecule has 0 aliphatic carbocycles. The van der Waals surface area contributed by atoms with Crippen molar-refractivity contribution in [1.29, 1.82) is 0 Å². The van der Waals surface area contributed by atoms with E-state index in [0.29, 0.717) is 22.0 Å². The summed E-state index contributed by atoms with van der Waals surface area (Å²) in [6, 6.07) is 12.2. The van der Waals surface area contributed by atoms with E-state index in [0.717, 1.165) is 16.5 Å². The summed E-state index contributed by atoms with van der Waals surface area (Å²) in [4.78, 5) is 27.3. The van der Waals surface area contributed by atoms with E-state index in [2.05, 4.69) is 15.0 Å². The summed E-state index contributed by atoms with van der Waals surface area (Å²) in [6.45, 7) is 1.88. The second kappa shape index (κ2) is 6.37. The molecule has 0 atom stereocenters. The van der Waals surface area contributed by atoms with E-state index < -0.39 is 5.97 Å². The highest BCUT2D eigenvalue weighted by Crippen LogP contribution is 2.26. The Balaban J connectivity index is 1.94. The van der Waals surface area contributed by atoms with Gasteiger partial charge in [0, 0.05) is 10.9 Å². The van der Waals surface area contributed by atoms with Crippen LogP contribution < -0.4 is 5.32 Å². The van der Waals surface area contributed by atoms with Crippen molar-refractivity contribution in [2.75, 3.05) is 12.4 Å². The normalized spacial score (nSPS) is 10.6. The Morgan fingerprint density at radius 3 is 2.62 bits per heavy atom. The lowest BCUT2D eigenvalue weighted by Crippen LogP contribution is -2.14. The second-order valence-corrected chi connectivity index (χ2v) is 5.72. The topological polar surface area (TPSA) is 71.2 Å². The van der Waals surface area contributed by atoms with Crippen molar-refractivity contribution in [3.8, 4) is 0 Å². The fourth-order valence-electron chi connectivity index (χ4n) is 2.56. The maximum atomic E-state index is 12.6. The smallest absolute Gasteiger partial charge is 0.337 e. The largest absolute Gasteiger partial charge is 0.465 e. The molecule has 0 unspecified atom stereocenters. The fraction of sp³-hybridized carbons (Fsp3) is 0.111. The average molecular weight is 343 g/mol. The first kappa shape index (κ1) is 16.1. The molecule has 0 aliphatic heterocycles. The van der Waals surface area contributed by atoms with Gasteiger partial charge in [0.15, 0.2) is 0 Å². The minimum absolute atomic E-state index is 0.311. The van der Waals surface area contributed by atoms with Crippen LogP contribution in [0.25, 0.3) is 10.9 Å². The predicted molar refractivity (Wildman–Crippen MR) is 93.8 cm³/mol. The molecule has 0 saturated heterocycles. The first-order valence-corrected chi connectivity index (χ1v) is 7.65. The summed E-state index contributed by atoms with van der Waals surface area (Å²) in [7, 11) is 1.29. The van der Waals surface area contributed by atoms with Gasteiger partial charge in [0.25, 0.3) is 5.91 Å². The van der Waals surface area contributed by atoms with E-state index in [1.165, 1.54) is 19.2 Å². The van der Waals surface area contributed by atoms with Crippen LogP contribution in [-0.4, -0.2) is 24.0 Å². The summed E-state index contributed by atoms with van der Waals surface area (Å²) in [5.74, 6) is -0.823. The third-order valence-corrected chi connectivity index (χ3v) is 4.16. The lowest BCUT2D eigenvalue weighted by Gasteiger charge is -2.09. The van der Waals surface area contributed by atoms with Crippen LogP contribution in [0.2, 0.25) is 5.02 Å². The molecule has 0 aliphatic rings. The minimum atomic E-state index is -0.496. The quantitative estimate of drug-likeness (QED) is 0.702. The molecule has 2 aromatic carbocycles. The number of fused-ring (bicyclic) bond motifs is 1. The first-order valence-electron chi connectivity index (χ1n) is 7.27. The molecule has 0 saturated carbocycles. The van der Waals surface area contributed by atoms with Gasteiger partial charge in [-0.25, -0.2) is 4.79 Å². The summed E-state index contributed by atoms with van der Waals surface area (Å²) in [5.41, 5.74) is 2.85. The van der Waals surface area contributed by atoms with Crippen molar-refractivity contribution in [3.05, 3.63) is 64.3 Å². The number of ether oxygens (including phenoxy) is 1. The zero-order valence-electron chi connectivity index (χ0n) is 13.1. The number of aryl methyl sites for hydroxylation is 1. The number of methoxy groups -OCH3 is 1. The van der Waals surface area contributed by atoms with Gasteiger partial charge in [-0.3, -0.25) is 4.79 Å². The van der Waals surface area contributed by atoms with Crippen LogP contribution in [0.1, 0.15) is 26.4 Å². The van der Waals surface area contributed by atoms with Crippen LogP contribution in [0.15, 0.2) is 42.5 Å². The monoisotopic (exact) mass is 342 g/mol. The molecule has 6 heteroatoms. The van der Waals surface area contributed by atoms with Crippen LogP contribution in [-0.2, 0) is 4.74 Å². The third kappa shape index (κ3) is 2.86. The van der Waals surface area contributed by atoms with Gasteiger partial charge in [0.1, 0.15) is 5.69 Å². The van der Waals surface area contributed by atoms with E-state index >= 15 is 0 Å². The minimum Gasteiger partial charge on any atom is -0.465 e. The molecule has 0 radical (unpaired) electrons. The van der Waals surface area contributed by atoms with Gasteiger partial charge in [0.05, 0.1) is 23.4 Å². The highest BCUT2D eigenvalue weighted by molar-refractivity contribution is 6.34. The maximum absolute atomic E-state index is 12.6. The molecule has 0 fully saturated rings. The molecule has 0 bridgehead atoms. The number of amides is 1. The molecule has 5 nitrogen and oxygen atoms in total. The van der Waals surface area contributed by atoms with Crippen molar-refractivity contribution < 1.29 is 14.3 Å². The van der Waals surface area contributed by atoms with Gasteiger partial charge < -0.3 is 15.0 Å². The third-order valence-electron chi connectivity index (χ3n) is 3.83. The number of H-pyrrole nitrogens is 1. The Kier molecular flexibility index (Phi) is 4.27. The highest BCUT2D eigenvalue weighted by Gasteiger charge is 2.17. The number of aromatic amines is 1. The van der Waals surface area contributed by atoms with Crippen molar-refractivity contribution >= 4 is 40.1 Å². The number of carbonyl (C=O) groups excluding carboxylic acids is 2. The first-order chi connectivity index (χ1) is 11.5. The van der Waals surface area contributed by atoms with Crippen LogP contribution >= 0.6 is 11.6 Å². The highest BCUT2D eigenvalue weighted by atomic mass is 35.5. The lowest BCUT2D eigenvalue weighted by atomic mass is 10.1. The van der Waals surface area contributed by atoms with Crippen LogP contribution in [0, 0.1) is 6.92 Å². The molecule has 1 heterocycles. The standard InChI is InChI=1S/C18H15ClN2O3/c1-10-12-5-3-4-6-14(12)20-16(10)17(22)21-15-9-11(18(23)24-2)7-8-13(15)19/h3-9,20H,1-2H3,(H,21,22). The van der Waals surface area contributed by atoms with Crippen molar-refractivity contribution in [2.24, 2.45) is 0 Å². The van der Waals surface area contributed by atoms with E-state index in [-0.39, 0.29) is 5.91 Å². The SMILES string of the molecule is COC(=O)c1ccc(Cl)c(NC(=O)c2[nH]c3ccccc3c2C)c1. The molecule has 24 heavy (non-hydrogen) atoms. The van der Waals surface area contributed by atoms with Gasteiger partial charge in [0.2, 0.25) is 0 Å². The number of halogens is 1. The van der Waals surface area contributed by atoms with Gasteiger partial charge in [-0.15, -0.1) is 0 Å². The number of hydrogen-bond donors (Lipinski definition) is 2. The van der Waals surface area contributed by atoms with Crippen molar-refractivity contribution in [1.82, 2.24) is 4.98 Å². The van der Waals surface area contributed by atoms with E-state index in [9.17, 15) is 9.59 Å². The fourth-order valence-corrected chi connectivity index (χ4v) is 2.72. The Labute approximate surface area is 143 Å².